The molecule has 11 heavy (non-hydrogen) atoms. The lowest BCUT2D eigenvalue weighted by Gasteiger charge is -2.01. The maximum atomic E-state index is 8.83. The van der Waals surface area contributed by atoms with Crippen LogP contribution in [0.5, 0.6) is 0 Å². The van der Waals surface area contributed by atoms with E-state index in [9.17, 15) is 0 Å². The summed E-state index contributed by atoms with van der Waals surface area (Å²) < 4.78 is 0. The van der Waals surface area contributed by atoms with Crippen molar-refractivity contribution in [3.8, 4) is 6.07 Å². The van der Waals surface area contributed by atoms with Crippen LogP contribution in [0.3, 0.4) is 0 Å². The summed E-state index contributed by atoms with van der Waals surface area (Å²) in [6.07, 6.45) is 0. The van der Waals surface area contributed by atoms with Crippen molar-refractivity contribution in [2.24, 2.45) is 0 Å². The third-order valence-electron chi connectivity index (χ3n) is 1.43. The molecule has 0 aliphatic heterocycles. The van der Waals surface area contributed by atoms with Crippen molar-refractivity contribution in [2.45, 2.75) is 11.5 Å². The molecule has 0 radical (unpaired) electrons. The van der Waals surface area contributed by atoms with E-state index in [1.807, 2.05) is 6.07 Å². The Kier molecular flexibility index (Phi) is 2.53. The molecule has 0 spiro atoms. The summed E-state index contributed by atoms with van der Waals surface area (Å²) in [4.78, 5) is 0.659. The van der Waals surface area contributed by atoms with Gasteiger partial charge in [-0.15, -0.1) is 12.6 Å². The Labute approximate surface area is 70.5 Å². The van der Waals surface area contributed by atoms with Gasteiger partial charge in [0.25, 0.3) is 0 Å². The van der Waals surface area contributed by atoms with Gasteiger partial charge in [0, 0.05) is 10.5 Å². The largest absolute Gasteiger partial charge is 0.392 e. The van der Waals surface area contributed by atoms with Gasteiger partial charge in [-0.1, -0.05) is 6.07 Å². The Hall–Kier alpha value is -0.980. The summed E-state index contributed by atoms with van der Waals surface area (Å²) in [5.41, 5.74) is 1.08. The molecule has 1 rings (SSSR count). The van der Waals surface area contributed by atoms with Crippen LogP contribution in [0.15, 0.2) is 23.1 Å². The van der Waals surface area contributed by atoms with Crippen LogP contribution in [0.1, 0.15) is 11.1 Å². The molecule has 0 atom stereocenters. The van der Waals surface area contributed by atoms with E-state index in [0.717, 1.165) is 0 Å². The number of aliphatic hydroxyl groups excluding tert-OH is 1. The highest BCUT2D eigenvalue weighted by atomic mass is 32.1. The van der Waals surface area contributed by atoms with E-state index in [-0.39, 0.29) is 6.61 Å². The lowest BCUT2D eigenvalue weighted by Crippen LogP contribution is -1.90. The molecule has 0 heterocycles. The topological polar surface area (TPSA) is 44.0 Å². The van der Waals surface area contributed by atoms with E-state index in [2.05, 4.69) is 12.6 Å². The lowest BCUT2D eigenvalue weighted by atomic mass is 10.1. The van der Waals surface area contributed by atoms with Crippen LogP contribution in [-0.2, 0) is 6.61 Å². The van der Waals surface area contributed by atoms with Crippen molar-refractivity contribution >= 4 is 12.6 Å². The summed E-state index contributed by atoms with van der Waals surface area (Å²) in [6.45, 7) is -0.136. The molecule has 0 amide bonds. The highest BCUT2D eigenvalue weighted by Crippen LogP contribution is 2.17. The monoisotopic (exact) mass is 165 g/mol. The van der Waals surface area contributed by atoms with Gasteiger partial charge < -0.3 is 5.11 Å². The third-order valence-corrected chi connectivity index (χ3v) is 1.85. The molecule has 0 fully saturated rings. The molecule has 1 aromatic carbocycles. The normalized spacial score (nSPS) is 9.18. The smallest absolute Gasteiger partial charge is 0.0995 e. The molecule has 2 nitrogen and oxygen atoms in total. The van der Waals surface area contributed by atoms with Crippen molar-refractivity contribution in [1.29, 1.82) is 5.26 Å². The highest BCUT2D eigenvalue weighted by Gasteiger charge is 2.02. The Bertz CT molecular complexity index is 303. The number of nitriles is 1. The molecule has 0 unspecified atom stereocenters. The highest BCUT2D eigenvalue weighted by molar-refractivity contribution is 7.80. The fourth-order valence-electron chi connectivity index (χ4n) is 0.846. The van der Waals surface area contributed by atoms with Crippen LogP contribution >= 0.6 is 12.6 Å². The summed E-state index contributed by atoms with van der Waals surface area (Å²) in [5, 5.41) is 17.4. The van der Waals surface area contributed by atoms with Gasteiger partial charge in [-0.05, 0) is 12.1 Å². The van der Waals surface area contributed by atoms with Crippen LogP contribution < -0.4 is 0 Å². The number of benzene rings is 1. The molecule has 0 saturated heterocycles. The second kappa shape index (κ2) is 3.42. The average molecular weight is 165 g/mol. The van der Waals surface area contributed by atoms with Crippen LogP contribution in [0.4, 0.5) is 0 Å². The van der Waals surface area contributed by atoms with Crippen molar-refractivity contribution in [3.05, 3.63) is 29.3 Å². The Morgan fingerprint density at radius 1 is 1.55 bits per heavy atom. The zero-order valence-corrected chi connectivity index (χ0v) is 6.68. The van der Waals surface area contributed by atoms with Gasteiger partial charge in [0.1, 0.15) is 0 Å². The van der Waals surface area contributed by atoms with E-state index in [1.54, 1.807) is 18.2 Å². The number of hydrogen-bond acceptors (Lipinski definition) is 3. The first-order valence-electron chi connectivity index (χ1n) is 3.11. The molecule has 3 heteroatoms. The maximum absolute atomic E-state index is 8.83. The Balaban J connectivity index is 3.27. The second-order valence-corrected chi connectivity index (χ2v) is 2.55. The first-order valence-corrected chi connectivity index (χ1v) is 3.56. The van der Waals surface area contributed by atoms with Crippen LogP contribution in [-0.4, -0.2) is 5.11 Å². The molecule has 1 aromatic rings. The number of hydrogen-bond donors (Lipinski definition) is 2. The van der Waals surface area contributed by atoms with Gasteiger partial charge in [0.05, 0.1) is 18.2 Å². The number of rotatable bonds is 1. The Morgan fingerprint density at radius 2 is 2.27 bits per heavy atom. The van der Waals surface area contributed by atoms with Crippen LogP contribution in [0.2, 0.25) is 0 Å². The molecule has 1 N–H and O–H groups in total. The molecule has 0 aromatic heterocycles. The molecular formula is C8H7NOS. The molecule has 0 bridgehead atoms. The lowest BCUT2D eigenvalue weighted by molar-refractivity contribution is 0.278. The number of nitrogens with zero attached hydrogens (tertiary/aromatic N) is 1. The second-order valence-electron chi connectivity index (χ2n) is 2.07. The van der Waals surface area contributed by atoms with E-state index < -0.39 is 0 Å². The molecule has 56 valence electrons. The predicted molar refractivity (Wildman–Crippen MR) is 44.3 cm³/mol. The summed E-state index contributed by atoms with van der Waals surface area (Å²) in [6, 6.07) is 7.12. The van der Waals surface area contributed by atoms with Gasteiger partial charge in [-0.2, -0.15) is 5.26 Å². The summed E-state index contributed by atoms with van der Waals surface area (Å²) in [5.74, 6) is 0. The van der Waals surface area contributed by atoms with E-state index in [4.69, 9.17) is 10.4 Å². The van der Waals surface area contributed by atoms with E-state index in [1.165, 1.54) is 0 Å². The first-order chi connectivity index (χ1) is 5.29. The summed E-state index contributed by atoms with van der Waals surface area (Å²) in [7, 11) is 0. The van der Waals surface area contributed by atoms with Crippen molar-refractivity contribution < 1.29 is 5.11 Å². The van der Waals surface area contributed by atoms with Gasteiger partial charge in [-0.25, -0.2) is 0 Å². The standard InChI is InChI=1S/C8H7NOS/c9-4-6-2-1-3-8(11)7(6)5-10/h1-3,10-11H,5H2. The minimum Gasteiger partial charge on any atom is -0.392 e. The third kappa shape index (κ3) is 1.53. The zero-order valence-electron chi connectivity index (χ0n) is 5.78. The van der Waals surface area contributed by atoms with Crippen molar-refractivity contribution in [2.75, 3.05) is 0 Å². The Morgan fingerprint density at radius 3 is 2.73 bits per heavy atom. The van der Waals surface area contributed by atoms with Crippen molar-refractivity contribution in [3.63, 3.8) is 0 Å². The van der Waals surface area contributed by atoms with Gasteiger partial charge >= 0.3 is 0 Å². The van der Waals surface area contributed by atoms with Crippen LogP contribution in [0.25, 0.3) is 0 Å². The number of thiol groups is 1. The van der Waals surface area contributed by atoms with Gasteiger partial charge in [0.15, 0.2) is 0 Å². The predicted octanol–water partition coefficient (Wildman–Crippen LogP) is 1.34. The fourth-order valence-corrected chi connectivity index (χ4v) is 1.12. The van der Waals surface area contributed by atoms with Crippen molar-refractivity contribution in [1.82, 2.24) is 0 Å². The van der Waals surface area contributed by atoms with Gasteiger partial charge in [0.2, 0.25) is 0 Å². The number of aliphatic hydroxyl groups is 1. The SMILES string of the molecule is N#Cc1cccc(S)c1CO. The van der Waals surface area contributed by atoms with Gasteiger partial charge in [-0.3, -0.25) is 0 Å². The molecule has 0 saturated carbocycles. The first kappa shape index (κ1) is 8.12. The summed E-state index contributed by atoms with van der Waals surface area (Å²) >= 11 is 4.09. The minimum absolute atomic E-state index is 0.136. The minimum atomic E-state index is -0.136. The maximum Gasteiger partial charge on any atom is 0.0995 e. The average Bonchev–Trinajstić information content (AvgIpc) is 2.04. The quantitative estimate of drug-likeness (QED) is 0.617. The molecule has 0 aliphatic carbocycles. The molecule has 0 aliphatic rings. The molecular weight excluding hydrogens is 158 g/mol. The van der Waals surface area contributed by atoms with E-state index in [0.29, 0.717) is 16.0 Å². The van der Waals surface area contributed by atoms with E-state index >= 15 is 0 Å². The zero-order chi connectivity index (χ0) is 8.27. The van der Waals surface area contributed by atoms with Crippen LogP contribution in [0, 0.1) is 11.3 Å². The fraction of sp³-hybridized carbons (Fsp3) is 0.125.